The molecule has 0 aliphatic carbocycles. The molecule has 0 amide bonds. The Balaban J connectivity index is 2.07. The predicted octanol–water partition coefficient (Wildman–Crippen LogP) is 3.56. The van der Waals surface area contributed by atoms with Crippen molar-refractivity contribution >= 4 is 16.5 Å². The minimum Gasteiger partial charge on any atom is -0.483 e. The number of anilines is 1. The maximum absolute atomic E-state index is 5.83. The average Bonchev–Trinajstić information content (AvgIpc) is 2.75. The zero-order valence-electron chi connectivity index (χ0n) is 11.7. The number of hydrogen-bond donors (Lipinski definition) is 1. The lowest BCUT2D eigenvalue weighted by atomic mass is 9.87. The van der Waals surface area contributed by atoms with Crippen LogP contribution < -0.4 is 10.5 Å². The Bertz CT molecular complexity index is 543. The Morgan fingerprint density at radius 3 is 2.26 bits per heavy atom. The van der Waals surface area contributed by atoms with E-state index in [-0.39, 0.29) is 11.5 Å². The van der Waals surface area contributed by atoms with Crippen molar-refractivity contribution in [2.24, 2.45) is 0 Å². The van der Waals surface area contributed by atoms with Crippen molar-refractivity contribution in [1.29, 1.82) is 0 Å². The van der Waals surface area contributed by atoms with E-state index in [1.165, 1.54) is 16.9 Å². The molecule has 1 aromatic heterocycles. The summed E-state index contributed by atoms with van der Waals surface area (Å²) in [4.78, 5) is 0. The molecular formula is C14H19N3OS. The van der Waals surface area contributed by atoms with Gasteiger partial charge < -0.3 is 10.5 Å². The quantitative estimate of drug-likeness (QED) is 0.932. The summed E-state index contributed by atoms with van der Waals surface area (Å²) in [6, 6.07) is 8.16. The van der Waals surface area contributed by atoms with Gasteiger partial charge in [0.1, 0.15) is 11.9 Å². The van der Waals surface area contributed by atoms with Gasteiger partial charge >= 0.3 is 0 Å². The first-order valence-corrected chi connectivity index (χ1v) is 7.04. The molecule has 19 heavy (non-hydrogen) atoms. The van der Waals surface area contributed by atoms with Gasteiger partial charge in [-0.25, -0.2) is 0 Å². The van der Waals surface area contributed by atoms with Gasteiger partial charge in [0, 0.05) is 0 Å². The minimum absolute atomic E-state index is 0.143. The third-order valence-electron chi connectivity index (χ3n) is 2.84. The summed E-state index contributed by atoms with van der Waals surface area (Å²) in [5.41, 5.74) is 7.00. The Morgan fingerprint density at radius 1 is 1.16 bits per heavy atom. The standard InChI is InChI=1S/C14H19N3OS/c1-9(12-16-17-13(15)19-12)18-11-7-5-10(6-8-11)14(2,3)4/h5-9H,1-4H3,(H2,15,17). The van der Waals surface area contributed by atoms with Crippen LogP contribution in [0.25, 0.3) is 0 Å². The molecule has 1 unspecified atom stereocenters. The first-order chi connectivity index (χ1) is 8.86. The van der Waals surface area contributed by atoms with E-state index in [0.717, 1.165) is 10.8 Å². The molecule has 0 saturated heterocycles. The van der Waals surface area contributed by atoms with Gasteiger partial charge in [-0.3, -0.25) is 0 Å². The van der Waals surface area contributed by atoms with Gasteiger partial charge in [-0.15, -0.1) is 10.2 Å². The molecule has 1 atom stereocenters. The molecule has 2 aromatic rings. The van der Waals surface area contributed by atoms with Gasteiger partial charge in [-0.1, -0.05) is 44.2 Å². The molecule has 0 radical (unpaired) electrons. The van der Waals surface area contributed by atoms with E-state index in [0.29, 0.717) is 5.13 Å². The summed E-state index contributed by atoms with van der Waals surface area (Å²) in [6.07, 6.45) is -0.143. The van der Waals surface area contributed by atoms with Gasteiger partial charge in [-0.05, 0) is 30.0 Å². The summed E-state index contributed by atoms with van der Waals surface area (Å²) < 4.78 is 5.83. The number of ether oxygens (including phenoxy) is 1. The molecule has 0 fully saturated rings. The van der Waals surface area contributed by atoms with E-state index in [9.17, 15) is 0 Å². The molecule has 0 aliphatic rings. The largest absolute Gasteiger partial charge is 0.483 e. The predicted molar refractivity (Wildman–Crippen MR) is 78.5 cm³/mol. The summed E-state index contributed by atoms with van der Waals surface area (Å²) in [7, 11) is 0. The van der Waals surface area contributed by atoms with Crippen molar-refractivity contribution in [3.8, 4) is 5.75 Å². The van der Waals surface area contributed by atoms with Gasteiger partial charge in [-0.2, -0.15) is 0 Å². The molecule has 2 N–H and O–H groups in total. The van der Waals surface area contributed by atoms with Gasteiger partial charge in [0.2, 0.25) is 5.13 Å². The zero-order valence-corrected chi connectivity index (χ0v) is 12.5. The minimum atomic E-state index is -0.143. The smallest absolute Gasteiger partial charge is 0.203 e. The van der Waals surface area contributed by atoms with Crippen molar-refractivity contribution in [2.75, 3.05) is 5.73 Å². The van der Waals surface area contributed by atoms with E-state index in [2.05, 4.69) is 43.1 Å². The fraction of sp³-hybridized carbons (Fsp3) is 0.429. The summed E-state index contributed by atoms with van der Waals surface area (Å²) >= 11 is 1.35. The summed E-state index contributed by atoms with van der Waals surface area (Å²) in [5, 5.41) is 9.03. The van der Waals surface area contributed by atoms with Crippen LogP contribution in [-0.2, 0) is 5.41 Å². The second kappa shape index (κ2) is 5.17. The van der Waals surface area contributed by atoms with E-state index < -0.39 is 0 Å². The van der Waals surface area contributed by atoms with Crippen LogP contribution in [0.5, 0.6) is 5.75 Å². The highest BCUT2D eigenvalue weighted by Crippen LogP contribution is 2.28. The van der Waals surface area contributed by atoms with Gasteiger partial charge in [0.05, 0.1) is 0 Å². The van der Waals surface area contributed by atoms with Crippen LogP contribution in [0.15, 0.2) is 24.3 Å². The molecule has 2 rings (SSSR count). The van der Waals surface area contributed by atoms with E-state index in [4.69, 9.17) is 10.5 Å². The number of aromatic nitrogens is 2. The number of rotatable bonds is 3. The molecule has 0 saturated carbocycles. The first kappa shape index (κ1) is 13.8. The molecule has 0 bridgehead atoms. The highest BCUT2D eigenvalue weighted by Gasteiger charge is 2.15. The third kappa shape index (κ3) is 3.44. The average molecular weight is 277 g/mol. The molecule has 5 heteroatoms. The normalized spacial score (nSPS) is 13.3. The maximum Gasteiger partial charge on any atom is 0.203 e. The van der Waals surface area contributed by atoms with Crippen molar-refractivity contribution in [3.63, 3.8) is 0 Å². The highest BCUT2D eigenvalue weighted by molar-refractivity contribution is 7.15. The lowest BCUT2D eigenvalue weighted by Gasteiger charge is -2.19. The molecule has 0 spiro atoms. The molecule has 0 aliphatic heterocycles. The van der Waals surface area contributed by atoms with Crippen LogP contribution in [0, 0.1) is 0 Å². The summed E-state index contributed by atoms with van der Waals surface area (Å²) in [5.74, 6) is 0.828. The fourth-order valence-electron chi connectivity index (χ4n) is 1.70. The second-order valence-corrected chi connectivity index (χ2v) is 6.55. The number of nitrogens with zero attached hydrogens (tertiary/aromatic N) is 2. The van der Waals surface area contributed by atoms with Crippen LogP contribution in [0.4, 0.5) is 5.13 Å². The third-order valence-corrected chi connectivity index (χ3v) is 3.75. The second-order valence-electron chi connectivity index (χ2n) is 5.51. The Kier molecular flexibility index (Phi) is 3.75. The van der Waals surface area contributed by atoms with Crippen LogP contribution in [-0.4, -0.2) is 10.2 Å². The first-order valence-electron chi connectivity index (χ1n) is 6.22. The number of hydrogen-bond acceptors (Lipinski definition) is 5. The number of benzene rings is 1. The number of nitrogens with two attached hydrogens (primary N) is 1. The molecule has 1 aromatic carbocycles. The van der Waals surface area contributed by atoms with Gasteiger partial charge in [0.15, 0.2) is 5.01 Å². The number of nitrogen functional groups attached to an aromatic ring is 1. The monoisotopic (exact) mass is 277 g/mol. The molecule has 102 valence electrons. The lowest BCUT2D eigenvalue weighted by molar-refractivity contribution is 0.225. The Hall–Kier alpha value is -1.62. The molecule has 1 heterocycles. The van der Waals surface area contributed by atoms with Crippen molar-refractivity contribution in [1.82, 2.24) is 10.2 Å². The van der Waals surface area contributed by atoms with Crippen molar-refractivity contribution in [2.45, 2.75) is 39.2 Å². The Morgan fingerprint density at radius 2 is 1.79 bits per heavy atom. The van der Waals surface area contributed by atoms with E-state index >= 15 is 0 Å². The fourth-order valence-corrected chi connectivity index (χ4v) is 2.29. The Labute approximate surface area is 117 Å². The van der Waals surface area contributed by atoms with Crippen molar-refractivity contribution < 1.29 is 4.74 Å². The van der Waals surface area contributed by atoms with E-state index in [1.54, 1.807) is 0 Å². The highest BCUT2D eigenvalue weighted by atomic mass is 32.1. The van der Waals surface area contributed by atoms with Crippen LogP contribution in [0.2, 0.25) is 0 Å². The summed E-state index contributed by atoms with van der Waals surface area (Å²) in [6.45, 7) is 8.51. The maximum atomic E-state index is 5.83. The van der Waals surface area contributed by atoms with Crippen molar-refractivity contribution in [3.05, 3.63) is 34.8 Å². The zero-order chi connectivity index (χ0) is 14.0. The SMILES string of the molecule is CC(Oc1ccc(C(C)(C)C)cc1)c1nnc(N)s1. The molecule has 4 nitrogen and oxygen atoms in total. The van der Waals surface area contributed by atoms with Crippen LogP contribution in [0.1, 0.15) is 44.4 Å². The molecular weight excluding hydrogens is 258 g/mol. The topological polar surface area (TPSA) is 61.0 Å². The lowest BCUT2D eigenvalue weighted by Crippen LogP contribution is -2.10. The van der Waals surface area contributed by atoms with Crippen LogP contribution in [0.3, 0.4) is 0 Å². The van der Waals surface area contributed by atoms with Crippen LogP contribution >= 0.6 is 11.3 Å². The van der Waals surface area contributed by atoms with E-state index in [1.807, 2.05) is 19.1 Å². The van der Waals surface area contributed by atoms with Gasteiger partial charge in [0.25, 0.3) is 0 Å².